The van der Waals surface area contributed by atoms with Crippen molar-refractivity contribution in [3.8, 4) is 0 Å². The highest BCUT2D eigenvalue weighted by Gasteiger charge is 2.77. The van der Waals surface area contributed by atoms with E-state index in [1.54, 1.807) is 34.6 Å². The van der Waals surface area contributed by atoms with Crippen LogP contribution in [0.1, 0.15) is 113 Å². The van der Waals surface area contributed by atoms with E-state index in [-0.39, 0.29) is 30.8 Å². The van der Waals surface area contributed by atoms with Crippen LogP contribution in [0.5, 0.6) is 0 Å². The van der Waals surface area contributed by atoms with Crippen LogP contribution in [0.4, 0.5) is 0 Å². The van der Waals surface area contributed by atoms with Gasteiger partial charge in [0.2, 0.25) is 0 Å². The van der Waals surface area contributed by atoms with Crippen LogP contribution < -0.4 is 0 Å². The number of esters is 2. The van der Waals surface area contributed by atoms with Crippen LogP contribution in [0.3, 0.4) is 0 Å². The van der Waals surface area contributed by atoms with E-state index in [0.717, 1.165) is 19.3 Å². The molecule has 3 unspecified atom stereocenters. The monoisotopic (exact) mass is 526 g/mol. The van der Waals surface area contributed by atoms with Crippen molar-refractivity contribution in [2.45, 2.75) is 130 Å². The van der Waals surface area contributed by atoms with Gasteiger partial charge < -0.3 is 9.47 Å². The van der Waals surface area contributed by atoms with E-state index in [4.69, 9.17) is 9.47 Å². The zero-order chi connectivity index (χ0) is 27.4. The Morgan fingerprint density at radius 1 is 1.03 bits per heavy atom. The Hall–Kier alpha value is -1.44. The van der Waals surface area contributed by atoms with Crippen LogP contribution in [0.25, 0.3) is 0 Å². The molecule has 8 heteroatoms. The number of hydrogen-bond acceptors (Lipinski definition) is 7. The molecule has 0 amide bonds. The summed E-state index contributed by atoms with van der Waals surface area (Å²) in [6.45, 7) is 14.6. The van der Waals surface area contributed by atoms with Crippen molar-refractivity contribution in [3.05, 3.63) is 0 Å². The predicted molar refractivity (Wildman–Crippen MR) is 138 cm³/mol. The molecule has 3 rings (SSSR count). The third-order valence-corrected chi connectivity index (χ3v) is 11.8. The third-order valence-electron chi connectivity index (χ3n) is 9.46. The Morgan fingerprint density at radius 3 is 2.11 bits per heavy atom. The van der Waals surface area contributed by atoms with Crippen molar-refractivity contribution in [1.29, 1.82) is 0 Å². The molecule has 3 saturated carbocycles. The summed E-state index contributed by atoms with van der Waals surface area (Å²) in [5.74, 6) is -1.78. The fourth-order valence-corrected chi connectivity index (χ4v) is 9.48. The molecule has 3 fully saturated rings. The molecule has 7 nitrogen and oxygen atoms in total. The molecule has 3 aliphatic carbocycles. The van der Waals surface area contributed by atoms with Gasteiger partial charge in [0.25, 0.3) is 0 Å². The molecule has 206 valence electrons. The summed E-state index contributed by atoms with van der Waals surface area (Å²) in [4.78, 5) is 40.0. The number of ether oxygens (including phenoxy) is 2. The maximum Gasteiger partial charge on any atom is 0.312 e. The largest absolute Gasteiger partial charge is 0.460 e. The van der Waals surface area contributed by atoms with Crippen LogP contribution in [0.2, 0.25) is 0 Å². The topological polar surface area (TPSA) is 104 Å². The Balaban J connectivity index is 2.14. The zero-order valence-electron chi connectivity index (χ0n) is 23.5. The summed E-state index contributed by atoms with van der Waals surface area (Å²) < 4.78 is 39.8. The standard InChI is InChI=1S/C28H46O7S/c1-9-25(5,6)23(31)35-28(17-22(30)34-24(2,3)4)15-20-21(29)16-27(28,26(20,7)8)18-36(32,33)19-13-11-10-12-14-19/h19-20H,9-18H2,1-8H3. The van der Waals surface area contributed by atoms with Crippen LogP contribution in [0.15, 0.2) is 0 Å². The second kappa shape index (κ2) is 9.39. The van der Waals surface area contributed by atoms with Crippen molar-refractivity contribution in [3.63, 3.8) is 0 Å². The van der Waals surface area contributed by atoms with Gasteiger partial charge in [-0.3, -0.25) is 14.4 Å². The van der Waals surface area contributed by atoms with E-state index >= 15 is 0 Å². The van der Waals surface area contributed by atoms with Crippen molar-refractivity contribution >= 4 is 27.6 Å². The zero-order valence-corrected chi connectivity index (χ0v) is 24.3. The molecule has 0 saturated heterocycles. The maximum absolute atomic E-state index is 13.9. The van der Waals surface area contributed by atoms with E-state index in [0.29, 0.717) is 19.3 Å². The Labute approximate surface area is 217 Å². The highest BCUT2D eigenvalue weighted by atomic mass is 32.2. The number of sulfone groups is 1. The average molecular weight is 527 g/mol. The van der Waals surface area contributed by atoms with Gasteiger partial charge in [0.05, 0.1) is 22.8 Å². The lowest BCUT2D eigenvalue weighted by Crippen LogP contribution is -2.59. The number of carbonyl (C=O) groups is 3. The molecule has 0 aliphatic heterocycles. The van der Waals surface area contributed by atoms with Gasteiger partial charge in [-0.25, -0.2) is 8.42 Å². The maximum atomic E-state index is 13.9. The Kier molecular flexibility index (Phi) is 7.59. The molecular weight excluding hydrogens is 480 g/mol. The molecule has 2 bridgehead atoms. The van der Waals surface area contributed by atoms with Crippen molar-refractivity contribution in [2.75, 3.05) is 5.75 Å². The van der Waals surface area contributed by atoms with Gasteiger partial charge in [-0.05, 0) is 65.7 Å². The molecule has 0 aromatic carbocycles. The molecular formula is C28H46O7S. The molecule has 0 aromatic rings. The molecule has 36 heavy (non-hydrogen) atoms. The van der Waals surface area contributed by atoms with Crippen LogP contribution in [0, 0.1) is 22.2 Å². The van der Waals surface area contributed by atoms with Crippen molar-refractivity contribution in [2.24, 2.45) is 22.2 Å². The SMILES string of the molecule is CCC(C)(C)C(=O)OC1(CC(=O)OC(C)(C)C)CC2C(=O)CC1(CS(=O)(=O)C1CCCCC1)C2(C)C. The van der Waals surface area contributed by atoms with Gasteiger partial charge in [0.1, 0.15) is 17.0 Å². The summed E-state index contributed by atoms with van der Waals surface area (Å²) in [5, 5.41) is -0.465. The van der Waals surface area contributed by atoms with Gasteiger partial charge >= 0.3 is 11.9 Å². The molecule has 3 atom stereocenters. The number of Topliss-reactive ketones (excluding diaryl/α,β-unsaturated/α-hetero) is 1. The van der Waals surface area contributed by atoms with E-state index in [9.17, 15) is 22.8 Å². The minimum Gasteiger partial charge on any atom is -0.460 e. The summed E-state index contributed by atoms with van der Waals surface area (Å²) >= 11 is 0. The minimum absolute atomic E-state index is 0.00976. The molecule has 0 heterocycles. The van der Waals surface area contributed by atoms with Crippen molar-refractivity contribution < 1.29 is 32.3 Å². The fraction of sp³-hybridized carbons (Fsp3) is 0.893. The first-order valence-corrected chi connectivity index (χ1v) is 15.2. The number of carbonyl (C=O) groups excluding carboxylic acids is 3. The van der Waals surface area contributed by atoms with Gasteiger partial charge in [0.15, 0.2) is 9.84 Å². The Morgan fingerprint density at radius 2 is 1.61 bits per heavy atom. The van der Waals surface area contributed by atoms with Gasteiger partial charge in [-0.1, -0.05) is 40.0 Å². The van der Waals surface area contributed by atoms with Crippen LogP contribution in [-0.2, 0) is 33.7 Å². The first kappa shape index (κ1) is 29.1. The lowest BCUT2D eigenvalue weighted by molar-refractivity contribution is -0.197. The highest BCUT2D eigenvalue weighted by Crippen LogP contribution is 2.71. The van der Waals surface area contributed by atoms with E-state index in [1.165, 1.54) is 0 Å². The van der Waals surface area contributed by atoms with E-state index < -0.39 is 60.4 Å². The van der Waals surface area contributed by atoms with Gasteiger partial charge in [-0.2, -0.15) is 0 Å². The number of ketones is 1. The van der Waals surface area contributed by atoms with E-state index in [2.05, 4.69) is 0 Å². The normalized spacial score (nSPS) is 30.9. The third kappa shape index (κ3) is 5.00. The average Bonchev–Trinajstić information content (AvgIpc) is 3.02. The molecule has 0 aromatic heterocycles. The number of hydrogen-bond donors (Lipinski definition) is 0. The first-order chi connectivity index (χ1) is 16.3. The van der Waals surface area contributed by atoms with Crippen LogP contribution >= 0.6 is 0 Å². The molecule has 0 N–H and O–H groups in total. The minimum atomic E-state index is -3.62. The summed E-state index contributed by atoms with van der Waals surface area (Å²) in [6.07, 6.45) is 4.36. The molecule has 0 spiro atoms. The highest BCUT2D eigenvalue weighted by molar-refractivity contribution is 7.92. The Bertz CT molecular complexity index is 997. The number of fused-ring (bicyclic) bond motifs is 2. The molecule has 3 aliphatic rings. The second-order valence-corrected chi connectivity index (χ2v) is 15.9. The van der Waals surface area contributed by atoms with Gasteiger partial charge in [0, 0.05) is 17.8 Å². The van der Waals surface area contributed by atoms with E-state index in [1.807, 2.05) is 20.8 Å². The summed E-state index contributed by atoms with van der Waals surface area (Å²) in [6, 6.07) is 0. The fourth-order valence-electron chi connectivity index (χ4n) is 6.77. The van der Waals surface area contributed by atoms with Gasteiger partial charge in [-0.15, -0.1) is 0 Å². The summed E-state index contributed by atoms with van der Waals surface area (Å²) in [7, 11) is -3.62. The summed E-state index contributed by atoms with van der Waals surface area (Å²) in [5.41, 5.74) is -4.96. The number of rotatable bonds is 8. The second-order valence-electron chi connectivity index (χ2n) is 13.7. The molecule has 0 radical (unpaired) electrons. The first-order valence-electron chi connectivity index (χ1n) is 13.5. The predicted octanol–water partition coefficient (Wildman–Crippen LogP) is 5.19. The van der Waals surface area contributed by atoms with Crippen LogP contribution in [-0.4, -0.2) is 48.3 Å². The quantitative estimate of drug-likeness (QED) is 0.401. The lowest BCUT2D eigenvalue weighted by Gasteiger charge is -2.50. The van der Waals surface area contributed by atoms with Crippen molar-refractivity contribution in [1.82, 2.24) is 0 Å². The smallest absolute Gasteiger partial charge is 0.312 e. The lowest BCUT2D eigenvalue weighted by atomic mass is 9.63.